The molecule has 0 saturated carbocycles. The van der Waals surface area contributed by atoms with Gasteiger partial charge < -0.3 is 15.7 Å². The number of amides is 1. The number of isocyanates is 1. The largest absolute Gasteiger partial charge is 0.478 e. The maximum absolute atomic E-state index is 12.9. The van der Waals surface area contributed by atoms with E-state index in [1.165, 1.54) is 12.2 Å². The van der Waals surface area contributed by atoms with Gasteiger partial charge in [-0.15, -0.1) is 0 Å². The van der Waals surface area contributed by atoms with Crippen LogP contribution >= 0.6 is 0 Å². The fourth-order valence-corrected chi connectivity index (χ4v) is 4.27. The van der Waals surface area contributed by atoms with Crippen molar-refractivity contribution in [3.8, 4) is 0 Å². The van der Waals surface area contributed by atoms with Gasteiger partial charge >= 0.3 is 5.97 Å². The zero-order chi connectivity index (χ0) is 26.8. The summed E-state index contributed by atoms with van der Waals surface area (Å²) in [6.07, 6.45) is 8.18. The molecule has 4 N–H and O–H groups in total. The van der Waals surface area contributed by atoms with Crippen molar-refractivity contribution in [1.82, 2.24) is 20.5 Å². The van der Waals surface area contributed by atoms with Crippen molar-refractivity contribution in [2.24, 2.45) is 4.99 Å². The van der Waals surface area contributed by atoms with E-state index in [-0.39, 0.29) is 6.42 Å². The van der Waals surface area contributed by atoms with E-state index in [1.54, 1.807) is 54.9 Å². The van der Waals surface area contributed by atoms with E-state index in [4.69, 9.17) is 0 Å². The predicted molar refractivity (Wildman–Crippen MR) is 143 cm³/mol. The van der Waals surface area contributed by atoms with Crippen molar-refractivity contribution in [3.05, 3.63) is 96.3 Å². The normalized spacial score (nSPS) is 13.4. The van der Waals surface area contributed by atoms with E-state index in [2.05, 4.69) is 30.8 Å². The molecule has 38 heavy (non-hydrogen) atoms. The van der Waals surface area contributed by atoms with Gasteiger partial charge in [0.05, 0.1) is 11.7 Å². The standard InChI is InChI=1S/C28H26N6O4/c35-19-31-28(27(37)38,33-26(36)14-11-20-7-2-1-3-8-20)23(9-6-16-30-25-10-4-5-15-29-25)21-12-13-24-22(17-21)18-32-34-24/h1-5,7-8,10-15,17-18,23H,6,9,16H2,(H,29,30)(H,32,34)(H,33,36)(H,37,38)/t23?,28-/m1/s1. The molecule has 0 spiro atoms. The second-order valence-corrected chi connectivity index (χ2v) is 8.56. The molecule has 0 aliphatic rings. The summed E-state index contributed by atoms with van der Waals surface area (Å²) in [6, 6.07) is 19.8. The zero-order valence-electron chi connectivity index (χ0n) is 20.4. The number of benzene rings is 2. The van der Waals surface area contributed by atoms with Crippen LogP contribution in [0.5, 0.6) is 0 Å². The van der Waals surface area contributed by atoms with Crippen molar-refractivity contribution in [2.75, 3.05) is 11.9 Å². The van der Waals surface area contributed by atoms with E-state index in [0.29, 0.717) is 24.3 Å². The molecular formula is C28H26N6O4. The molecule has 0 radical (unpaired) electrons. The SMILES string of the molecule is O=C=N[C@](NC(=O)C=Cc1ccccc1)(C(=O)O)C(CCCNc1ccccn1)c1ccc2[nH]ncc2c1. The number of carbonyl (C=O) groups excluding carboxylic acids is 2. The quantitative estimate of drug-likeness (QED) is 0.0978. The molecule has 1 unspecified atom stereocenters. The number of aliphatic imine (C=N–C) groups is 1. The van der Waals surface area contributed by atoms with Crippen molar-refractivity contribution in [3.63, 3.8) is 0 Å². The van der Waals surface area contributed by atoms with E-state index in [0.717, 1.165) is 16.5 Å². The van der Waals surface area contributed by atoms with Crippen LogP contribution in [0.25, 0.3) is 17.0 Å². The third-order valence-corrected chi connectivity index (χ3v) is 6.10. The van der Waals surface area contributed by atoms with Crippen LogP contribution in [0.1, 0.15) is 29.9 Å². The van der Waals surface area contributed by atoms with E-state index in [1.807, 2.05) is 30.3 Å². The summed E-state index contributed by atoms with van der Waals surface area (Å²) in [7, 11) is 0. The Balaban J connectivity index is 1.65. The van der Waals surface area contributed by atoms with Crippen molar-refractivity contribution < 1.29 is 19.5 Å². The highest BCUT2D eigenvalue weighted by atomic mass is 16.4. The highest BCUT2D eigenvalue weighted by Gasteiger charge is 2.48. The lowest BCUT2D eigenvalue weighted by atomic mass is 9.81. The summed E-state index contributed by atoms with van der Waals surface area (Å²) in [6.45, 7) is 0.476. The van der Waals surface area contributed by atoms with Gasteiger partial charge in [-0.3, -0.25) is 9.89 Å². The summed E-state index contributed by atoms with van der Waals surface area (Å²) < 4.78 is 0. The number of nitrogens with one attached hydrogen (secondary N) is 3. The van der Waals surface area contributed by atoms with Gasteiger partial charge in [0.15, 0.2) is 0 Å². The monoisotopic (exact) mass is 510 g/mol. The van der Waals surface area contributed by atoms with Crippen LogP contribution < -0.4 is 10.6 Å². The average Bonchev–Trinajstić information content (AvgIpc) is 3.41. The minimum absolute atomic E-state index is 0.267. The molecule has 2 heterocycles. The summed E-state index contributed by atoms with van der Waals surface area (Å²) in [5, 5.41) is 23.7. The molecule has 0 fully saturated rings. The Kier molecular flexibility index (Phi) is 8.38. The minimum Gasteiger partial charge on any atom is -0.478 e. The second kappa shape index (κ2) is 12.2. The van der Waals surface area contributed by atoms with Crippen molar-refractivity contribution in [2.45, 2.75) is 24.4 Å². The first kappa shape index (κ1) is 26.0. The molecule has 4 aromatic rings. The Hall–Kier alpha value is -5.08. The molecule has 0 aliphatic carbocycles. The topological polar surface area (TPSA) is 149 Å². The molecule has 2 aromatic heterocycles. The molecular weight excluding hydrogens is 484 g/mol. The van der Waals surface area contributed by atoms with Crippen LogP contribution in [0.15, 0.2) is 90.2 Å². The summed E-state index contributed by atoms with van der Waals surface area (Å²) in [5.41, 5.74) is -0.197. The summed E-state index contributed by atoms with van der Waals surface area (Å²) >= 11 is 0. The highest BCUT2D eigenvalue weighted by molar-refractivity contribution is 5.96. The molecule has 10 nitrogen and oxygen atoms in total. The molecule has 2 aromatic carbocycles. The van der Waals surface area contributed by atoms with Crippen LogP contribution in [0.3, 0.4) is 0 Å². The number of pyridine rings is 1. The van der Waals surface area contributed by atoms with Gasteiger partial charge in [0.25, 0.3) is 0 Å². The fraction of sp³-hybridized carbons (Fsp3) is 0.179. The van der Waals surface area contributed by atoms with Crippen molar-refractivity contribution >= 4 is 40.8 Å². The van der Waals surface area contributed by atoms with E-state index in [9.17, 15) is 19.5 Å². The van der Waals surface area contributed by atoms with Gasteiger partial charge in [0.1, 0.15) is 5.82 Å². The van der Waals surface area contributed by atoms with Gasteiger partial charge in [-0.2, -0.15) is 10.1 Å². The Morgan fingerprint density at radius 2 is 1.95 bits per heavy atom. The predicted octanol–water partition coefficient (Wildman–Crippen LogP) is 3.88. The Morgan fingerprint density at radius 1 is 1.13 bits per heavy atom. The number of anilines is 1. The number of aliphatic carboxylic acids is 1. The van der Waals surface area contributed by atoms with Crippen molar-refractivity contribution in [1.29, 1.82) is 0 Å². The van der Waals surface area contributed by atoms with Crippen LogP contribution in [0.4, 0.5) is 5.82 Å². The second-order valence-electron chi connectivity index (χ2n) is 8.56. The number of fused-ring (bicyclic) bond motifs is 1. The average molecular weight is 511 g/mol. The van der Waals surface area contributed by atoms with Gasteiger partial charge in [-0.1, -0.05) is 42.5 Å². The lowest BCUT2D eigenvalue weighted by Gasteiger charge is -2.33. The van der Waals surface area contributed by atoms with Crippen LogP contribution in [0.2, 0.25) is 0 Å². The first-order chi connectivity index (χ1) is 18.5. The lowest BCUT2D eigenvalue weighted by Crippen LogP contribution is -2.57. The van der Waals surface area contributed by atoms with Gasteiger partial charge in [0, 0.05) is 30.1 Å². The summed E-state index contributed by atoms with van der Waals surface area (Å²) in [5.74, 6) is -2.41. The van der Waals surface area contributed by atoms with Gasteiger partial charge in [-0.25, -0.2) is 14.6 Å². The number of hydrogen-bond acceptors (Lipinski definition) is 7. The number of carboxylic acids is 1. The van der Waals surface area contributed by atoms with Crippen LogP contribution in [-0.4, -0.2) is 50.5 Å². The number of hydrogen-bond donors (Lipinski definition) is 4. The molecule has 4 rings (SSSR count). The highest BCUT2D eigenvalue weighted by Crippen LogP contribution is 2.36. The third-order valence-electron chi connectivity index (χ3n) is 6.10. The van der Waals surface area contributed by atoms with E-state index >= 15 is 0 Å². The molecule has 0 bridgehead atoms. The number of carboxylic acid groups (broad SMARTS) is 1. The molecule has 192 valence electrons. The maximum atomic E-state index is 12.9. The third kappa shape index (κ3) is 6.18. The fourth-order valence-electron chi connectivity index (χ4n) is 4.27. The molecule has 1 amide bonds. The number of aromatic amines is 1. The molecule has 0 aliphatic heterocycles. The number of H-pyrrole nitrogens is 1. The lowest BCUT2D eigenvalue weighted by molar-refractivity contribution is -0.148. The zero-order valence-corrected chi connectivity index (χ0v) is 20.4. The number of nitrogens with zero attached hydrogens (tertiary/aromatic N) is 3. The number of carbonyl (C=O) groups is 2. The Bertz CT molecular complexity index is 1460. The first-order valence-electron chi connectivity index (χ1n) is 12.0. The minimum atomic E-state index is -2.29. The molecule has 0 saturated heterocycles. The number of aromatic nitrogens is 3. The maximum Gasteiger partial charge on any atom is 0.354 e. The molecule has 2 atom stereocenters. The van der Waals surface area contributed by atoms with Gasteiger partial charge in [-0.05, 0) is 54.3 Å². The first-order valence-corrected chi connectivity index (χ1v) is 12.0. The Morgan fingerprint density at radius 3 is 2.68 bits per heavy atom. The van der Waals surface area contributed by atoms with Crippen LogP contribution in [0, 0.1) is 0 Å². The molecule has 10 heteroatoms. The smallest absolute Gasteiger partial charge is 0.354 e. The summed E-state index contributed by atoms with van der Waals surface area (Å²) in [4.78, 5) is 45.2. The Labute approximate surface area is 218 Å². The van der Waals surface area contributed by atoms with Crippen LogP contribution in [-0.2, 0) is 14.4 Å². The van der Waals surface area contributed by atoms with Gasteiger partial charge in [0.2, 0.25) is 17.6 Å². The van der Waals surface area contributed by atoms with E-state index < -0.39 is 23.5 Å². The number of rotatable bonds is 12.